The first kappa shape index (κ1) is 12.8. The lowest BCUT2D eigenvalue weighted by atomic mass is 10.2. The van der Waals surface area contributed by atoms with Crippen LogP contribution in [0.15, 0.2) is 30.3 Å². The van der Waals surface area contributed by atoms with Gasteiger partial charge < -0.3 is 0 Å². The Labute approximate surface area is 96.9 Å². The van der Waals surface area contributed by atoms with Crippen molar-refractivity contribution >= 4 is 10.0 Å². The molecule has 1 aromatic carbocycles. The first-order chi connectivity index (χ1) is 7.64. The first-order valence-electron chi connectivity index (χ1n) is 5.09. The number of hydrogen-bond acceptors (Lipinski definition) is 2. The van der Waals surface area contributed by atoms with E-state index in [9.17, 15) is 8.42 Å². The molecule has 0 aromatic heterocycles. The number of terminal acetylenes is 1. The summed E-state index contributed by atoms with van der Waals surface area (Å²) in [6, 6.07) is 9.53. The molecule has 1 rings (SSSR count). The maximum Gasteiger partial charge on any atom is 0.211 e. The second-order valence-electron chi connectivity index (χ2n) is 3.40. The van der Waals surface area contributed by atoms with Crippen molar-refractivity contribution in [1.82, 2.24) is 4.72 Å². The third kappa shape index (κ3) is 4.96. The van der Waals surface area contributed by atoms with E-state index in [0.717, 1.165) is 5.56 Å². The Bertz CT molecular complexity index is 446. The summed E-state index contributed by atoms with van der Waals surface area (Å²) in [5.74, 6) is 2.49. The average Bonchev–Trinajstić information content (AvgIpc) is 2.28. The van der Waals surface area contributed by atoms with E-state index in [1.54, 1.807) is 0 Å². The van der Waals surface area contributed by atoms with E-state index in [1.807, 2.05) is 30.3 Å². The fourth-order valence-electron chi connectivity index (χ4n) is 1.25. The van der Waals surface area contributed by atoms with Crippen molar-refractivity contribution in [1.29, 1.82) is 0 Å². The number of hydrogen-bond donors (Lipinski definition) is 1. The number of nitrogens with one attached hydrogen (secondary N) is 1. The van der Waals surface area contributed by atoms with Crippen LogP contribution in [0.25, 0.3) is 0 Å². The van der Waals surface area contributed by atoms with E-state index in [0.29, 0.717) is 19.4 Å². The second kappa shape index (κ2) is 6.31. The zero-order valence-electron chi connectivity index (χ0n) is 9.02. The van der Waals surface area contributed by atoms with E-state index in [4.69, 9.17) is 6.42 Å². The maximum atomic E-state index is 11.5. The predicted octanol–water partition coefficient (Wildman–Crippen LogP) is 1.17. The highest BCUT2D eigenvalue weighted by Crippen LogP contribution is 2.01. The van der Waals surface area contributed by atoms with Gasteiger partial charge in [-0.1, -0.05) is 30.3 Å². The van der Waals surface area contributed by atoms with Crippen molar-refractivity contribution in [3.05, 3.63) is 35.9 Å². The van der Waals surface area contributed by atoms with Crippen molar-refractivity contribution in [3.8, 4) is 12.3 Å². The molecule has 0 aliphatic rings. The van der Waals surface area contributed by atoms with Crippen LogP contribution < -0.4 is 4.72 Å². The molecule has 0 atom stereocenters. The Balaban J connectivity index is 2.40. The Hall–Kier alpha value is -1.31. The van der Waals surface area contributed by atoms with Gasteiger partial charge in [0.2, 0.25) is 10.0 Å². The smallest absolute Gasteiger partial charge is 0.211 e. The molecule has 0 saturated carbocycles. The van der Waals surface area contributed by atoms with E-state index in [1.165, 1.54) is 0 Å². The zero-order valence-corrected chi connectivity index (χ0v) is 9.83. The van der Waals surface area contributed by atoms with E-state index < -0.39 is 10.0 Å². The highest BCUT2D eigenvalue weighted by molar-refractivity contribution is 7.89. The third-order valence-electron chi connectivity index (χ3n) is 2.09. The fraction of sp³-hybridized carbons (Fsp3) is 0.333. The quantitative estimate of drug-likeness (QED) is 0.596. The summed E-state index contributed by atoms with van der Waals surface area (Å²) in [4.78, 5) is 0. The summed E-state index contributed by atoms with van der Waals surface area (Å²) >= 11 is 0. The van der Waals surface area contributed by atoms with Crippen LogP contribution in [-0.2, 0) is 16.4 Å². The number of sulfonamides is 1. The lowest BCUT2D eigenvalue weighted by Gasteiger charge is -2.04. The van der Waals surface area contributed by atoms with Crippen molar-refractivity contribution in [2.45, 2.75) is 12.8 Å². The molecule has 1 aromatic rings. The number of rotatable bonds is 6. The maximum absolute atomic E-state index is 11.5. The molecule has 1 N–H and O–H groups in total. The Morgan fingerprint density at radius 2 is 1.94 bits per heavy atom. The average molecular weight is 237 g/mol. The molecule has 0 fully saturated rings. The van der Waals surface area contributed by atoms with E-state index >= 15 is 0 Å². The molecule has 0 aliphatic heterocycles. The Morgan fingerprint density at radius 1 is 1.25 bits per heavy atom. The Kier molecular flexibility index (Phi) is 5.03. The summed E-state index contributed by atoms with van der Waals surface area (Å²) in [5.41, 5.74) is 1.02. The van der Waals surface area contributed by atoms with Gasteiger partial charge in [-0.05, 0) is 12.0 Å². The standard InChI is InChI=1S/C12H15NO2S/c1-2-3-10-13-16(14,15)11-9-12-7-5-4-6-8-12/h1,4-8,13H,3,9-11H2. The SMILES string of the molecule is C#CCCNS(=O)(=O)CCc1ccccc1. The molecule has 16 heavy (non-hydrogen) atoms. The molecule has 0 radical (unpaired) electrons. The fourth-order valence-corrected chi connectivity index (χ4v) is 2.31. The lowest BCUT2D eigenvalue weighted by Crippen LogP contribution is -2.28. The van der Waals surface area contributed by atoms with Gasteiger partial charge in [-0.2, -0.15) is 0 Å². The molecular weight excluding hydrogens is 222 g/mol. The van der Waals surface area contributed by atoms with Crippen LogP contribution in [0.3, 0.4) is 0 Å². The monoisotopic (exact) mass is 237 g/mol. The summed E-state index contributed by atoms with van der Waals surface area (Å²) in [7, 11) is -3.20. The third-order valence-corrected chi connectivity index (χ3v) is 3.48. The van der Waals surface area contributed by atoms with Crippen LogP contribution in [0.1, 0.15) is 12.0 Å². The molecular formula is C12H15NO2S. The van der Waals surface area contributed by atoms with Crippen LogP contribution in [-0.4, -0.2) is 20.7 Å². The van der Waals surface area contributed by atoms with Crippen LogP contribution in [0.2, 0.25) is 0 Å². The van der Waals surface area contributed by atoms with Gasteiger partial charge in [0.1, 0.15) is 0 Å². The van der Waals surface area contributed by atoms with Gasteiger partial charge in [0.05, 0.1) is 5.75 Å². The lowest BCUT2D eigenvalue weighted by molar-refractivity contribution is 0.581. The van der Waals surface area contributed by atoms with Crippen LogP contribution in [0.4, 0.5) is 0 Å². The second-order valence-corrected chi connectivity index (χ2v) is 5.33. The first-order valence-corrected chi connectivity index (χ1v) is 6.74. The van der Waals surface area contributed by atoms with Crippen molar-refractivity contribution in [2.75, 3.05) is 12.3 Å². The van der Waals surface area contributed by atoms with Gasteiger partial charge in [-0.3, -0.25) is 0 Å². The zero-order chi connectivity index (χ0) is 11.9. The molecule has 0 amide bonds. The minimum Gasteiger partial charge on any atom is -0.214 e. The van der Waals surface area contributed by atoms with Gasteiger partial charge in [-0.15, -0.1) is 12.3 Å². The minimum atomic E-state index is -3.20. The Morgan fingerprint density at radius 3 is 2.56 bits per heavy atom. The highest BCUT2D eigenvalue weighted by Gasteiger charge is 2.08. The molecule has 3 nitrogen and oxygen atoms in total. The summed E-state index contributed by atoms with van der Waals surface area (Å²) < 4.78 is 25.5. The predicted molar refractivity (Wildman–Crippen MR) is 65.4 cm³/mol. The van der Waals surface area contributed by atoms with Crippen LogP contribution in [0, 0.1) is 12.3 Å². The van der Waals surface area contributed by atoms with Crippen molar-refractivity contribution < 1.29 is 8.42 Å². The van der Waals surface area contributed by atoms with Crippen molar-refractivity contribution in [3.63, 3.8) is 0 Å². The number of benzene rings is 1. The van der Waals surface area contributed by atoms with Gasteiger partial charge in [0.25, 0.3) is 0 Å². The van der Waals surface area contributed by atoms with Crippen LogP contribution >= 0.6 is 0 Å². The molecule has 0 heterocycles. The summed E-state index contributed by atoms with van der Waals surface area (Å²) in [6.45, 7) is 0.313. The van der Waals surface area contributed by atoms with Crippen molar-refractivity contribution in [2.24, 2.45) is 0 Å². The minimum absolute atomic E-state index is 0.0988. The largest absolute Gasteiger partial charge is 0.214 e. The van der Waals surface area contributed by atoms with E-state index in [2.05, 4.69) is 10.6 Å². The van der Waals surface area contributed by atoms with Gasteiger partial charge in [0.15, 0.2) is 0 Å². The van der Waals surface area contributed by atoms with Gasteiger partial charge >= 0.3 is 0 Å². The molecule has 86 valence electrons. The normalized spacial score (nSPS) is 10.9. The van der Waals surface area contributed by atoms with Gasteiger partial charge in [-0.25, -0.2) is 13.1 Å². The molecule has 0 spiro atoms. The molecule has 0 saturated heterocycles. The van der Waals surface area contributed by atoms with Gasteiger partial charge in [0, 0.05) is 13.0 Å². The topological polar surface area (TPSA) is 46.2 Å². The number of aryl methyl sites for hydroxylation is 1. The molecule has 0 bridgehead atoms. The highest BCUT2D eigenvalue weighted by atomic mass is 32.2. The van der Waals surface area contributed by atoms with E-state index in [-0.39, 0.29) is 5.75 Å². The molecule has 4 heteroatoms. The molecule has 0 aliphatic carbocycles. The van der Waals surface area contributed by atoms with Crippen LogP contribution in [0.5, 0.6) is 0 Å². The molecule has 0 unspecified atom stereocenters. The summed E-state index contributed by atoms with van der Waals surface area (Å²) in [5, 5.41) is 0. The summed E-state index contributed by atoms with van der Waals surface area (Å²) in [6.07, 6.45) is 5.98.